The number of allylic oxidation sites excluding steroid dienone is 2. The molecule has 0 N–H and O–H groups in total. The maximum absolute atomic E-state index is 12.8. The van der Waals surface area contributed by atoms with Gasteiger partial charge in [0.25, 0.3) is 0 Å². The standard InChI is InChI=1S/C22H17BCl3NO/c1-12-20-18(22(28)23(12)11-27)9-8-17(16-7-6-15(25)10-19(16)26)21(20)13-2-4-14(24)5-3-13/h2-10,12,17-18,20-21H,1H3. The third kappa shape index (κ3) is 3.18. The topological polar surface area (TPSA) is 40.9 Å². The Balaban J connectivity index is 1.87. The van der Waals surface area contributed by atoms with Crippen molar-refractivity contribution in [2.24, 2.45) is 11.8 Å². The summed E-state index contributed by atoms with van der Waals surface area (Å²) in [5.74, 6) is 1.97. The Morgan fingerprint density at radius 1 is 0.964 bits per heavy atom. The van der Waals surface area contributed by atoms with Crippen LogP contribution < -0.4 is 0 Å². The molecule has 5 atom stereocenters. The minimum Gasteiger partial charge on any atom is -0.309 e. The normalized spacial score (nSPS) is 28.9. The van der Waals surface area contributed by atoms with E-state index < -0.39 is 6.71 Å². The number of nitriles is 1. The average molecular weight is 429 g/mol. The molecule has 4 rings (SSSR count). The molecule has 0 aromatic heterocycles. The first-order valence-electron chi connectivity index (χ1n) is 9.24. The molecule has 0 radical (unpaired) electrons. The fraction of sp³-hybridized carbons (Fsp3) is 0.273. The lowest BCUT2D eigenvalue weighted by Gasteiger charge is -2.39. The summed E-state index contributed by atoms with van der Waals surface area (Å²) >= 11 is 18.8. The van der Waals surface area contributed by atoms with Gasteiger partial charge in [-0.25, -0.2) is 5.26 Å². The number of rotatable bonds is 2. The number of hydrogen-bond donors (Lipinski definition) is 0. The Morgan fingerprint density at radius 3 is 2.25 bits per heavy atom. The van der Waals surface area contributed by atoms with Crippen LogP contribution in [0.5, 0.6) is 0 Å². The lowest BCUT2D eigenvalue weighted by atomic mass is 9.42. The second-order valence-corrected chi connectivity index (χ2v) is 8.91. The number of fused-ring (bicyclic) bond motifs is 1. The first-order chi connectivity index (χ1) is 13.4. The van der Waals surface area contributed by atoms with Crippen LogP contribution in [0.25, 0.3) is 0 Å². The lowest BCUT2D eigenvalue weighted by molar-refractivity contribution is -0.114. The quantitative estimate of drug-likeness (QED) is 0.411. The first kappa shape index (κ1) is 19.6. The van der Waals surface area contributed by atoms with Crippen LogP contribution in [0.1, 0.15) is 29.9 Å². The van der Waals surface area contributed by atoms with Crippen molar-refractivity contribution in [2.75, 3.05) is 0 Å². The van der Waals surface area contributed by atoms with Crippen molar-refractivity contribution in [1.82, 2.24) is 0 Å². The van der Waals surface area contributed by atoms with Gasteiger partial charge >= 0.3 is 6.71 Å². The van der Waals surface area contributed by atoms with E-state index in [9.17, 15) is 10.1 Å². The van der Waals surface area contributed by atoms with Crippen molar-refractivity contribution in [3.63, 3.8) is 0 Å². The molecule has 28 heavy (non-hydrogen) atoms. The molecular weight excluding hydrogens is 411 g/mol. The summed E-state index contributed by atoms with van der Waals surface area (Å²) in [7, 11) is 0. The van der Waals surface area contributed by atoms with Crippen LogP contribution in [-0.2, 0) is 4.79 Å². The van der Waals surface area contributed by atoms with Gasteiger partial charge in [0.15, 0.2) is 0 Å². The highest BCUT2D eigenvalue weighted by Gasteiger charge is 2.55. The molecule has 0 bridgehead atoms. The van der Waals surface area contributed by atoms with E-state index in [0.717, 1.165) is 11.1 Å². The fourth-order valence-electron chi connectivity index (χ4n) is 4.94. The van der Waals surface area contributed by atoms with E-state index in [4.69, 9.17) is 34.8 Å². The zero-order valence-corrected chi connectivity index (χ0v) is 17.4. The number of carbonyl (C=O) groups is 1. The molecule has 1 aliphatic carbocycles. The van der Waals surface area contributed by atoms with Crippen LogP contribution in [-0.4, -0.2) is 12.4 Å². The van der Waals surface area contributed by atoms with E-state index >= 15 is 0 Å². The second kappa shape index (κ2) is 7.60. The Labute approximate surface area is 180 Å². The molecule has 0 spiro atoms. The van der Waals surface area contributed by atoms with Gasteiger partial charge in [-0.15, -0.1) is 0 Å². The molecule has 2 aromatic carbocycles. The Hall–Kier alpha value is -1.73. The van der Waals surface area contributed by atoms with Crippen molar-refractivity contribution in [3.05, 3.63) is 80.8 Å². The molecule has 2 aromatic rings. The molecule has 1 heterocycles. The predicted molar refractivity (Wildman–Crippen MR) is 115 cm³/mol. The van der Waals surface area contributed by atoms with Gasteiger partial charge in [-0.05, 0) is 53.0 Å². The molecule has 0 amide bonds. The number of benzene rings is 2. The van der Waals surface area contributed by atoms with Crippen LogP contribution >= 0.6 is 34.8 Å². The largest absolute Gasteiger partial charge is 0.348 e. The van der Waals surface area contributed by atoms with Crippen molar-refractivity contribution >= 4 is 47.2 Å². The molecule has 6 heteroatoms. The van der Waals surface area contributed by atoms with E-state index in [0.29, 0.717) is 15.1 Å². The highest BCUT2D eigenvalue weighted by atomic mass is 35.5. The van der Waals surface area contributed by atoms with Crippen molar-refractivity contribution in [1.29, 1.82) is 5.26 Å². The third-order valence-corrected chi connectivity index (χ3v) is 7.04. The third-order valence-electron chi connectivity index (χ3n) is 6.23. The van der Waals surface area contributed by atoms with Gasteiger partial charge < -0.3 is 4.79 Å². The molecule has 5 unspecified atom stereocenters. The molecular formula is C22H17BCl3NO. The first-order valence-corrected chi connectivity index (χ1v) is 10.4. The fourth-order valence-corrected chi connectivity index (χ4v) is 5.60. The summed E-state index contributed by atoms with van der Waals surface area (Å²) in [4.78, 5) is 12.8. The Kier molecular flexibility index (Phi) is 5.31. The minimum absolute atomic E-state index is 0.0140. The van der Waals surface area contributed by atoms with Crippen LogP contribution in [0, 0.1) is 23.1 Å². The van der Waals surface area contributed by atoms with E-state index in [-0.39, 0.29) is 35.2 Å². The van der Waals surface area contributed by atoms with Gasteiger partial charge in [-0.3, -0.25) is 0 Å². The maximum Gasteiger partial charge on any atom is 0.348 e. The van der Waals surface area contributed by atoms with Gasteiger partial charge in [0.2, 0.25) is 0 Å². The maximum atomic E-state index is 12.8. The lowest BCUT2D eigenvalue weighted by Crippen LogP contribution is -2.29. The molecule has 1 fully saturated rings. The number of hydrogen-bond acceptors (Lipinski definition) is 2. The number of carbonyl (C=O) groups excluding carboxylic acids is 1. The summed E-state index contributed by atoms with van der Waals surface area (Å²) in [6, 6.07) is 13.3. The van der Waals surface area contributed by atoms with E-state index in [2.05, 4.69) is 12.0 Å². The van der Waals surface area contributed by atoms with Gasteiger partial charge in [-0.2, -0.15) is 0 Å². The Bertz CT molecular complexity index is 998. The number of halogens is 3. The molecule has 2 aliphatic rings. The summed E-state index contributed by atoms with van der Waals surface area (Å²) in [5, 5.41) is 11.4. The van der Waals surface area contributed by atoms with Gasteiger partial charge in [0.1, 0.15) is 5.68 Å². The van der Waals surface area contributed by atoms with E-state index in [1.807, 2.05) is 49.4 Å². The van der Waals surface area contributed by atoms with Crippen molar-refractivity contribution < 1.29 is 4.79 Å². The van der Waals surface area contributed by atoms with Crippen LogP contribution in [0.3, 0.4) is 0 Å². The smallest absolute Gasteiger partial charge is 0.309 e. The summed E-state index contributed by atoms with van der Waals surface area (Å²) in [5.41, 5.74) is 2.09. The average Bonchev–Trinajstić information content (AvgIpc) is 2.92. The zero-order chi connectivity index (χ0) is 20.0. The highest BCUT2D eigenvalue weighted by molar-refractivity contribution is 6.98. The van der Waals surface area contributed by atoms with Gasteiger partial charge in [0, 0.05) is 32.9 Å². The highest BCUT2D eigenvalue weighted by Crippen LogP contribution is 2.56. The molecule has 2 nitrogen and oxygen atoms in total. The van der Waals surface area contributed by atoms with Crippen molar-refractivity contribution in [2.45, 2.75) is 24.6 Å². The van der Waals surface area contributed by atoms with E-state index in [1.54, 1.807) is 6.07 Å². The Morgan fingerprint density at radius 2 is 1.61 bits per heavy atom. The van der Waals surface area contributed by atoms with Crippen molar-refractivity contribution in [3.8, 4) is 5.97 Å². The van der Waals surface area contributed by atoms with Gasteiger partial charge in [-0.1, -0.05) is 72.1 Å². The van der Waals surface area contributed by atoms with Gasteiger partial charge in [0.05, 0.1) is 0 Å². The minimum atomic E-state index is -0.575. The molecule has 1 saturated heterocycles. The summed E-state index contributed by atoms with van der Waals surface area (Å²) in [6.07, 6.45) is 4.04. The SMILES string of the molecule is CC1B(C#N)C(=O)C2C=CC(c3ccc(Cl)cc3Cl)C(c3ccc(Cl)cc3)C12. The van der Waals surface area contributed by atoms with Crippen LogP contribution in [0.15, 0.2) is 54.6 Å². The molecule has 140 valence electrons. The van der Waals surface area contributed by atoms with Crippen LogP contribution in [0.4, 0.5) is 0 Å². The van der Waals surface area contributed by atoms with E-state index in [1.165, 1.54) is 0 Å². The number of nitrogens with zero attached hydrogens (tertiary/aromatic N) is 1. The molecule has 0 saturated carbocycles. The monoisotopic (exact) mass is 427 g/mol. The summed E-state index contributed by atoms with van der Waals surface area (Å²) in [6.45, 7) is 1.44. The molecule has 1 aliphatic heterocycles. The predicted octanol–water partition coefficient (Wildman–Crippen LogP) is 6.39. The summed E-state index contributed by atoms with van der Waals surface area (Å²) < 4.78 is 0. The second-order valence-electron chi connectivity index (χ2n) is 7.63. The zero-order valence-electron chi connectivity index (χ0n) is 15.1. The van der Waals surface area contributed by atoms with Crippen LogP contribution in [0.2, 0.25) is 20.9 Å².